The zero-order valence-electron chi connectivity index (χ0n) is 6.05. The molecule has 0 fully saturated rings. The van der Waals surface area contributed by atoms with Gasteiger partial charge in [0, 0.05) is 7.11 Å². The van der Waals surface area contributed by atoms with Crippen molar-refractivity contribution >= 4 is 0 Å². The highest BCUT2D eigenvalue weighted by Crippen LogP contribution is 2.10. The standard InChI is InChI=1S/C6H12F2O2/c1-3-4(10-2)5(9)6(7)8/h4-6,9H,3H2,1-2H3. The molecule has 0 aromatic rings. The van der Waals surface area contributed by atoms with E-state index in [1.807, 2.05) is 0 Å². The summed E-state index contributed by atoms with van der Waals surface area (Å²) < 4.78 is 28.0. The summed E-state index contributed by atoms with van der Waals surface area (Å²) in [5.74, 6) is 0. The Bertz CT molecular complexity index is 83.8. The molecule has 0 radical (unpaired) electrons. The summed E-state index contributed by atoms with van der Waals surface area (Å²) in [5.41, 5.74) is 0. The molecule has 1 N–H and O–H groups in total. The van der Waals surface area contributed by atoms with Gasteiger partial charge in [-0.05, 0) is 6.42 Å². The van der Waals surface area contributed by atoms with Crippen molar-refractivity contribution < 1.29 is 18.6 Å². The second kappa shape index (κ2) is 4.57. The molecule has 2 nitrogen and oxygen atoms in total. The van der Waals surface area contributed by atoms with Crippen LogP contribution in [0.4, 0.5) is 8.78 Å². The molecule has 0 aliphatic carbocycles. The predicted molar refractivity (Wildman–Crippen MR) is 33.1 cm³/mol. The van der Waals surface area contributed by atoms with E-state index in [2.05, 4.69) is 4.74 Å². The zero-order valence-corrected chi connectivity index (χ0v) is 6.05. The van der Waals surface area contributed by atoms with Crippen LogP contribution >= 0.6 is 0 Å². The molecule has 2 atom stereocenters. The summed E-state index contributed by atoms with van der Waals surface area (Å²) in [4.78, 5) is 0. The number of aliphatic hydroxyl groups is 1. The van der Waals surface area contributed by atoms with Gasteiger partial charge in [-0.15, -0.1) is 0 Å². The van der Waals surface area contributed by atoms with Gasteiger partial charge < -0.3 is 9.84 Å². The number of ether oxygens (including phenoxy) is 1. The molecule has 4 heteroatoms. The number of methoxy groups -OCH3 is 1. The normalized spacial score (nSPS) is 17.4. The van der Waals surface area contributed by atoms with Crippen LogP contribution in [0.5, 0.6) is 0 Å². The van der Waals surface area contributed by atoms with E-state index in [1.54, 1.807) is 6.92 Å². The molecule has 0 amide bonds. The van der Waals surface area contributed by atoms with Gasteiger partial charge in [0.15, 0.2) is 0 Å². The molecule has 10 heavy (non-hydrogen) atoms. The number of alkyl halides is 2. The fourth-order valence-corrected chi connectivity index (χ4v) is 0.710. The van der Waals surface area contributed by atoms with E-state index in [-0.39, 0.29) is 0 Å². The maximum atomic E-state index is 11.7. The second-order valence-electron chi connectivity index (χ2n) is 2.01. The zero-order chi connectivity index (χ0) is 8.15. The van der Waals surface area contributed by atoms with Gasteiger partial charge in [-0.3, -0.25) is 0 Å². The van der Waals surface area contributed by atoms with E-state index in [9.17, 15) is 8.78 Å². The largest absolute Gasteiger partial charge is 0.384 e. The van der Waals surface area contributed by atoms with Crippen LogP contribution in [0.15, 0.2) is 0 Å². The Hall–Kier alpha value is -0.220. The maximum Gasteiger partial charge on any atom is 0.266 e. The van der Waals surface area contributed by atoms with E-state index >= 15 is 0 Å². The molecular formula is C6H12F2O2. The van der Waals surface area contributed by atoms with Crippen molar-refractivity contribution in [3.63, 3.8) is 0 Å². The third-order valence-electron chi connectivity index (χ3n) is 1.34. The van der Waals surface area contributed by atoms with Gasteiger partial charge in [-0.2, -0.15) is 0 Å². The maximum absolute atomic E-state index is 11.7. The van der Waals surface area contributed by atoms with Gasteiger partial charge in [-0.1, -0.05) is 6.92 Å². The highest BCUT2D eigenvalue weighted by molar-refractivity contribution is 4.68. The van der Waals surface area contributed by atoms with Crippen molar-refractivity contribution in [2.45, 2.75) is 32.0 Å². The van der Waals surface area contributed by atoms with Gasteiger partial charge in [-0.25, -0.2) is 8.78 Å². The average molecular weight is 154 g/mol. The number of aliphatic hydroxyl groups excluding tert-OH is 1. The lowest BCUT2D eigenvalue weighted by atomic mass is 10.1. The Labute approximate surface area is 58.8 Å². The van der Waals surface area contributed by atoms with Crippen LogP contribution in [-0.2, 0) is 4.74 Å². The molecule has 62 valence electrons. The van der Waals surface area contributed by atoms with Crippen LogP contribution < -0.4 is 0 Å². The van der Waals surface area contributed by atoms with Crippen LogP contribution in [-0.4, -0.2) is 30.8 Å². The minimum Gasteiger partial charge on any atom is -0.384 e. The van der Waals surface area contributed by atoms with Crippen molar-refractivity contribution in [1.29, 1.82) is 0 Å². The minimum atomic E-state index is -2.72. The molecule has 0 saturated heterocycles. The third kappa shape index (κ3) is 2.58. The van der Waals surface area contributed by atoms with Crippen molar-refractivity contribution in [2.75, 3.05) is 7.11 Å². The molecular weight excluding hydrogens is 142 g/mol. The summed E-state index contributed by atoms with van der Waals surface area (Å²) in [6.45, 7) is 1.68. The summed E-state index contributed by atoms with van der Waals surface area (Å²) in [7, 11) is 1.31. The average Bonchev–Trinajstić information content (AvgIpc) is 1.90. The number of rotatable bonds is 4. The number of hydrogen-bond donors (Lipinski definition) is 1. The topological polar surface area (TPSA) is 29.5 Å². The minimum absolute atomic E-state index is 0.391. The number of hydrogen-bond acceptors (Lipinski definition) is 2. The highest BCUT2D eigenvalue weighted by Gasteiger charge is 2.25. The van der Waals surface area contributed by atoms with E-state index in [0.717, 1.165) is 0 Å². The van der Waals surface area contributed by atoms with Crippen molar-refractivity contribution in [2.24, 2.45) is 0 Å². The molecule has 0 heterocycles. The first-order chi connectivity index (χ1) is 4.63. The Kier molecular flexibility index (Phi) is 4.47. The van der Waals surface area contributed by atoms with Crippen LogP contribution in [0.25, 0.3) is 0 Å². The monoisotopic (exact) mass is 154 g/mol. The smallest absolute Gasteiger partial charge is 0.266 e. The highest BCUT2D eigenvalue weighted by atomic mass is 19.3. The van der Waals surface area contributed by atoms with Crippen LogP contribution in [0.2, 0.25) is 0 Å². The lowest BCUT2D eigenvalue weighted by Crippen LogP contribution is -2.33. The van der Waals surface area contributed by atoms with Crippen LogP contribution in [0.3, 0.4) is 0 Å². The molecule has 0 aromatic heterocycles. The van der Waals surface area contributed by atoms with E-state index in [0.29, 0.717) is 6.42 Å². The van der Waals surface area contributed by atoms with Crippen molar-refractivity contribution in [1.82, 2.24) is 0 Å². The summed E-state index contributed by atoms with van der Waals surface area (Å²) >= 11 is 0. The first kappa shape index (κ1) is 9.78. The molecule has 0 rings (SSSR count). The molecule has 0 bridgehead atoms. The van der Waals surface area contributed by atoms with E-state index in [4.69, 9.17) is 5.11 Å². The third-order valence-corrected chi connectivity index (χ3v) is 1.34. The molecule has 0 saturated carbocycles. The van der Waals surface area contributed by atoms with E-state index < -0.39 is 18.6 Å². The SMILES string of the molecule is CCC(OC)C(O)C(F)F. The Balaban J connectivity index is 3.76. The van der Waals surface area contributed by atoms with Gasteiger partial charge >= 0.3 is 0 Å². The van der Waals surface area contributed by atoms with Gasteiger partial charge in [0.1, 0.15) is 6.10 Å². The van der Waals surface area contributed by atoms with Gasteiger partial charge in [0.05, 0.1) is 6.10 Å². The van der Waals surface area contributed by atoms with Crippen LogP contribution in [0.1, 0.15) is 13.3 Å². The predicted octanol–water partition coefficient (Wildman–Crippen LogP) is 1.04. The second-order valence-corrected chi connectivity index (χ2v) is 2.01. The Morgan fingerprint density at radius 2 is 2.00 bits per heavy atom. The van der Waals surface area contributed by atoms with Crippen molar-refractivity contribution in [3.05, 3.63) is 0 Å². The lowest BCUT2D eigenvalue weighted by molar-refractivity contribution is -0.0905. The summed E-state index contributed by atoms with van der Waals surface area (Å²) in [6, 6.07) is 0. The summed E-state index contributed by atoms with van der Waals surface area (Å²) in [5, 5.41) is 8.71. The molecule has 2 unspecified atom stereocenters. The fraction of sp³-hybridized carbons (Fsp3) is 1.00. The number of halogens is 2. The molecule has 0 aromatic carbocycles. The van der Waals surface area contributed by atoms with Gasteiger partial charge in [0.2, 0.25) is 0 Å². The molecule has 0 aliphatic heterocycles. The van der Waals surface area contributed by atoms with Crippen molar-refractivity contribution in [3.8, 4) is 0 Å². The first-order valence-corrected chi connectivity index (χ1v) is 3.12. The Morgan fingerprint density at radius 1 is 1.50 bits per heavy atom. The lowest BCUT2D eigenvalue weighted by Gasteiger charge is -2.18. The first-order valence-electron chi connectivity index (χ1n) is 3.12. The molecule has 0 aliphatic rings. The van der Waals surface area contributed by atoms with E-state index in [1.165, 1.54) is 7.11 Å². The molecule has 0 spiro atoms. The fourth-order valence-electron chi connectivity index (χ4n) is 0.710. The van der Waals surface area contributed by atoms with Gasteiger partial charge in [0.25, 0.3) is 6.43 Å². The van der Waals surface area contributed by atoms with Crippen LogP contribution in [0, 0.1) is 0 Å². The summed E-state index contributed by atoms with van der Waals surface area (Å²) in [6.07, 6.45) is -4.73. The Morgan fingerprint density at radius 3 is 2.10 bits per heavy atom. The quantitative estimate of drug-likeness (QED) is 0.655.